The van der Waals surface area contributed by atoms with E-state index in [1.54, 1.807) is 109 Å². The third-order valence-electron chi connectivity index (χ3n) is 6.18. The fraction of sp³-hybridized carbons (Fsp3) is 0.143. The molecule has 0 aromatic heterocycles. The van der Waals surface area contributed by atoms with E-state index in [0.717, 1.165) is 0 Å². The van der Waals surface area contributed by atoms with E-state index < -0.39 is 23.4 Å². The summed E-state index contributed by atoms with van der Waals surface area (Å²) in [6.45, 7) is -0.829. The smallest absolute Gasteiger partial charge is 0.161 e. The first-order valence-electron chi connectivity index (χ1n) is 10.5. The van der Waals surface area contributed by atoms with Crippen LogP contribution >= 0.6 is 0 Å². The molecule has 32 heavy (non-hydrogen) atoms. The first-order valence-corrected chi connectivity index (χ1v) is 10.5. The maximum Gasteiger partial charge on any atom is 0.161 e. The molecule has 0 fully saturated rings. The van der Waals surface area contributed by atoms with Gasteiger partial charge in [0.15, 0.2) is 11.2 Å². The third-order valence-corrected chi connectivity index (χ3v) is 6.18. The highest BCUT2D eigenvalue weighted by molar-refractivity contribution is 5.48. The van der Waals surface area contributed by atoms with E-state index in [9.17, 15) is 20.4 Å². The Morgan fingerprint density at radius 1 is 0.438 bits per heavy atom. The molecule has 0 saturated heterocycles. The summed E-state index contributed by atoms with van der Waals surface area (Å²) in [6.07, 6.45) is 0. The molecule has 0 heterocycles. The van der Waals surface area contributed by atoms with Crippen molar-refractivity contribution in [1.29, 1.82) is 0 Å². The van der Waals surface area contributed by atoms with E-state index in [-0.39, 0.29) is 11.1 Å². The second-order valence-corrected chi connectivity index (χ2v) is 7.90. The van der Waals surface area contributed by atoms with Gasteiger partial charge in [0.05, 0.1) is 6.61 Å². The Balaban J connectivity index is 2.14. The van der Waals surface area contributed by atoms with E-state index >= 15 is 0 Å². The number of hydrogen-bond acceptors (Lipinski definition) is 4. The van der Waals surface area contributed by atoms with Crippen LogP contribution in [0.2, 0.25) is 0 Å². The molecule has 162 valence electrons. The normalized spacial score (nSPS) is 15.5. The minimum absolute atomic E-state index is 0.260. The van der Waals surface area contributed by atoms with Crippen LogP contribution in [0.15, 0.2) is 121 Å². The van der Waals surface area contributed by atoms with Crippen molar-refractivity contribution >= 4 is 0 Å². The molecule has 4 N–H and O–H groups in total. The number of hydrogen-bond donors (Lipinski definition) is 4. The number of aliphatic hydroxyl groups excluding tert-OH is 1. The largest absolute Gasteiger partial charge is 0.393 e. The van der Waals surface area contributed by atoms with Crippen LogP contribution in [0.25, 0.3) is 0 Å². The van der Waals surface area contributed by atoms with Crippen molar-refractivity contribution in [1.82, 2.24) is 0 Å². The summed E-state index contributed by atoms with van der Waals surface area (Å²) in [6, 6.07) is 34.4. The Labute approximate surface area is 187 Å². The summed E-state index contributed by atoms with van der Waals surface area (Å²) in [7, 11) is 0. The molecule has 0 spiro atoms. The summed E-state index contributed by atoms with van der Waals surface area (Å²) < 4.78 is 0. The van der Waals surface area contributed by atoms with E-state index in [0.29, 0.717) is 11.1 Å². The van der Waals surface area contributed by atoms with Crippen LogP contribution in [0, 0.1) is 0 Å². The van der Waals surface area contributed by atoms with Gasteiger partial charge in [0.25, 0.3) is 0 Å². The van der Waals surface area contributed by atoms with Crippen LogP contribution in [0.5, 0.6) is 0 Å². The highest BCUT2D eigenvalue weighted by Gasteiger charge is 2.64. The standard InChI is InChI=1S/C28H26O4/c29-21-26(30,22-13-5-1-6-14-22)28(32,25-19-11-4-12-20-25)27(31,23-15-7-2-8-16-23)24-17-9-3-10-18-24/h1-20,29-32H,21H2. The Morgan fingerprint density at radius 2 is 0.750 bits per heavy atom. The molecule has 0 radical (unpaired) electrons. The lowest BCUT2D eigenvalue weighted by Crippen LogP contribution is -2.64. The summed E-state index contributed by atoms with van der Waals surface area (Å²) in [5.41, 5.74) is -5.46. The zero-order chi connectivity index (χ0) is 22.7. The van der Waals surface area contributed by atoms with Crippen molar-refractivity contribution in [3.8, 4) is 0 Å². The fourth-order valence-electron chi connectivity index (χ4n) is 4.50. The van der Waals surface area contributed by atoms with Gasteiger partial charge in [0.1, 0.15) is 5.60 Å². The Kier molecular flexibility index (Phi) is 5.96. The second-order valence-electron chi connectivity index (χ2n) is 7.90. The molecule has 2 atom stereocenters. The molecule has 0 amide bonds. The maximum atomic E-state index is 12.6. The van der Waals surface area contributed by atoms with Gasteiger partial charge in [-0.1, -0.05) is 121 Å². The Morgan fingerprint density at radius 3 is 1.09 bits per heavy atom. The molecule has 4 heteroatoms. The van der Waals surface area contributed by atoms with Crippen LogP contribution in [0.4, 0.5) is 0 Å². The van der Waals surface area contributed by atoms with E-state index in [1.807, 2.05) is 12.1 Å². The topological polar surface area (TPSA) is 80.9 Å². The minimum Gasteiger partial charge on any atom is -0.393 e. The maximum absolute atomic E-state index is 12.6. The SMILES string of the molecule is OCC(O)(c1ccccc1)C(O)(c1ccccc1)C(O)(c1ccccc1)c1ccccc1. The van der Waals surface area contributed by atoms with Crippen molar-refractivity contribution in [3.63, 3.8) is 0 Å². The average Bonchev–Trinajstić information content (AvgIpc) is 2.89. The van der Waals surface area contributed by atoms with Crippen molar-refractivity contribution in [3.05, 3.63) is 144 Å². The lowest BCUT2D eigenvalue weighted by Gasteiger charge is -2.52. The fourth-order valence-corrected chi connectivity index (χ4v) is 4.50. The molecule has 0 bridgehead atoms. The monoisotopic (exact) mass is 426 g/mol. The van der Waals surface area contributed by atoms with Gasteiger partial charge in [-0.25, -0.2) is 0 Å². The second kappa shape index (κ2) is 8.69. The predicted molar refractivity (Wildman–Crippen MR) is 124 cm³/mol. The minimum atomic E-state index is -2.37. The first-order chi connectivity index (χ1) is 15.5. The zero-order valence-corrected chi connectivity index (χ0v) is 17.5. The van der Waals surface area contributed by atoms with Gasteiger partial charge >= 0.3 is 0 Å². The van der Waals surface area contributed by atoms with Gasteiger partial charge in [-0.05, 0) is 22.3 Å². The van der Waals surface area contributed by atoms with Gasteiger partial charge in [-0.2, -0.15) is 0 Å². The quantitative estimate of drug-likeness (QED) is 0.363. The van der Waals surface area contributed by atoms with Gasteiger partial charge in [0, 0.05) is 0 Å². The van der Waals surface area contributed by atoms with E-state index in [4.69, 9.17) is 0 Å². The lowest BCUT2D eigenvalue weighted by molar-refractivity contribution is -0.262. The number of rotatable bonds is 7. The van der Waals surface area contributed by atoms with Gasteiger partial charge < -0.3 is 20.4 Å². The van der Waals surface area contributed by atoms with Gasteiger partial charge in [-0.15, -0.1) is 0 Å². The third kappa shape index (κ3) is 3.25. The molecule has 0 aliphatic heterocycles. The molecule has 4 aromatic carbocycles. The highest BCUT2D eigenvalue weighted by Crippen LogP contribution is 2.54. The average molecular weight is 427 g/mol. The molecular weight excluding hydrogens is 400 g/mol. The summed E-state index contributed by atoms with van der Waals surface area (Å²) in [4.78, 5) is 0. The zero-order valence-electron chi connectivity index (χ0n) is 17.5. The molecule has 2 unspecified atom stereocenters. The molecule has 0 aliphatic rings. The lowest BCUT2D eigenvalue weighted by atomic mass is 9.60. The summed E-state index contributed by atoms with van der Waals surface area (Å²) in [5.74, 6) is 0. The van der Waals surface area contributed by atoms with Gasteiger partial charge in [0.2, 0.25) is 0 Å². The molecule has 0 saturated carbocycles. The summed E-state index contributed by atoms with van der Waals surface area (Å²) >= 11 is 0. The number of aliphatic hydroxyl groups is 4. The van der Waals surface area contributed by atoms with E-state index in [2.05, 4.69) is 0 Å². The molecule has 0 aliphatic carbocycles. The van der Waals surface area contributed by atoms with Crippen molar-refractivity contribution in [2.75, 3.05) is 6.61 Å². The number of benzene rings is 4. The van der Waals surface area contributed by atoms with Crippen LogP contribution < -0.4 is 0 Å². The van der Waals surface area contributed by atoms with Crippen LogP contribution in [-0.2, 0) is 16.8 Å². The molecule has 4 aromatic rings. The predicted octanol–water partition coefficient (Wildman–Crippen LogP) is 3.69. The van der Waals surface area contributed by atoms with E-state index in [1.165, 1.54) is 0 Å². The highest BCUT2D eigenvalue weighted by atomic mass is 16.4. The first kappa shape index (κ1) is 21.9. The van der Waals surface area contributed by atoms with Crippen molar-refractivity contribution in [2.45, 2.75) is 16.8 Å². The molecule has 4 nitrogen and oxygen atoms in total. The van der Waals surface area contributed by atoms with Gasteiger partial charge in [-0.3, -0.25) is 0 Å². The Bertz CT molecular complexity index is 1090. The molecular formula is C28H26O4. The summed E-state index contributed by atoms with van der Waals surface area (Å²) in [5, 5.41) is 47.8. The van der Waals surface area contributed by atoms with Crippen molar-refractivity contribution < 1.29 is 20.4 Å². The molecule has 4 rings (SSSR count). The van der Waals surface area contributed by atoms with Crippen LogP contribution in [0.1, 0.15) is 22.3 Å². The van der Waals surface area contributed by atoms with Crippen LogP contribution in [-0.4, -0.2) is 27.0 Å². The Hall–Kier alpha value is -3.28. The van der Waals surface area contributed by atoms with Crippen LogP contribution in [0.3, 0.4) is 0 Å². The van der Waals surface area contributed by atoms with Crippen molar-refractivity contribution in [2.24, 2.45) is 0 Å².